The van der Waals surface area contributed by atoms with Gasteiger partial charge in [-0.05, 0) is 11.8 Å². The van der Waals surface area contributed by atoms with Gasteiger partial charge >= 0.3 is 33.9 Å². The zero-order valence-electron chi connectivity index (χ0n) is 15.1. The first-order chi connectivity index (χ1) is 11.0. The van der Waals surface area contributed by atoms with Crippen LogP contribution in [0.1, 0.15) is 60.3 Å². The molecule has 24 heavy (non-hydrogen) atoms. The van der Waals surface area contributed by atoms with Crippen LogP contribution in [-0.4, -0.2) is 46.7 Å². The molecular weight excluding hydrogens is 331 g/mol. The van der Waals surface area contributed by atoms with E-state index in [0.717, 1.165) is 6.61 Å². The fraction of sp³-hybridized carbons (Fsp3) is 0.750. The van der Waals surface area contributed by atoms with Gasteiger partial charge in [-0.1, -0.05) is 27.7 Å². The molecule has 0 aliphatic rings. The average Bonchev–Trinajstić information content (AvgIpc) is 2.35. The quantitative estimate of drug-likeness (QED) is 0.405. The van der Waals surface area contributed by atoms with Crippen molar-refractivity contribution >= 4 is 40.1 Å². The van der Waals surface area contributed by atoms with E-state index < -0.39 is 24.8 Å². The molecule has 0 bridgehead atoms. The van der Waals surface area contributed by atoms with Crippen molar-refractivity contribution in [1.29, 1.82) is 0 Å². The molecule has 0 spiro atoms. The van der Waals surface area contributed by atoms with Gasteiger partial charge in [-0.25, -0.2) is 0 Å². The van der Waals surface area contributed by atoms with Gasteiger partial charge in [-0.3, -0.25) is 9.59 Å². The normalized spacial score (nSPS) is 9.54. The molecular formula is C16H27AlO7. The summed E-state index contributed by atoms with van der Waals surface area (Å²) < 4.78 is 4.46. The summed E-state index contributed by atoms with van der Waals surface area (Å²) in [7, 11) is 0. The van der Waals surface area contributed by atoms with Crippen LogP contribution < -0.4 is 10.2 Å². The van der Waals surface area contributed by atoms with Gasteiger partial charge in [0.05, 0.1) is 0 Å². The molecule has 0 N–H and O–H groups in total. The first-order valence-electron chi connectivity index (χ1n) is 7.70. The molecule has 0 amide bonds. The molecule has 0 aromatic carbocycles. The molecule has 0 atom stereocenters. The predicted molar refractivity (Wildman–Crippen MR) is 85.6 cm³/mol. The van der Waals surface area contributed by atoms with Gasteiger partial charge in [0.15, 0.2) is 0 Å². The second kappa shape index (κ2) is 18.1. The zero-order chi connectivity index (χ0) is 19.7. The van der Waals surface area contributed by atoms with Crippen molar-refractivity contribution in [3.8, 4) is 0 Å². The molecule has 0 aliphatic heterocycles. The standard InChI is InChI=1S/2C7H12O3.C2H5O.Al/c2*1-5(2)3-6(8)4-7(9)10;1-2-3;/h2*5H,3-4H2,1-2H3,(H,9,10);2H2,1H3;/q;;-1;+3/p-2. The molecule has 0 aromatic heterocycles. The van der Waals surface area contributed by atoms with Crippen LogP contribution in [0.5, 0.6) is 0 Å². The van der Waals surface area contributed by atoms with Gasteiger partial charge in [-0.15, -0.1) is 0 Å². The summed E-state index contributed by atoms with van der Waals surface area (Å²) in [5.41, 5.74) is 0. The van der Waals surface area contributed by atoms with Crippen molar-refractivity contribution in [3.63, 3.8) is 0 Å². The maximum atomic E-state index is 10.6. The third kappa shape index (κ3) is 32.6. The van der Waals surface area contributed by atoms with E-state index in [0.29, 0.717) is 12.8 Å². The van der Waals surface area contributed by atoms with E-state index in [9.17, 15) is 29.4 Å². The Bertz CT molecular complexity index is 343. The summed E-state index contributed by atoms with van der Waals surface area (Å²) in [6, 6.07) is 0. The SMILES string of the molecule is CC(C)CC(=O)CC(=O)[O-].CC(C)CC(=O)CC(=O)[O-].CC[O][Al+2]. The summed E-state index contributed by atoms with van der Waals surface area (Å²) in [5, 5.41) is 19.7. The van der Waals surface area contributed by atoms with Crippen LogP contribution in [0.3, 0.4) is 0 Å². The number of hydrogen-bond donors (Lipinski definition) is 0. The minimum atomic E-state index is -1.29. The molecule has 0 aromatic rings. The Labute approximate surface area is 152 Å². The Hall–Kier alpha value is -1.23. The van der Waals surface area contributed by atoms with Gasteiger partial charge in [0.2, 0.25) is 0 Å². The van der Waals surface area contributed by atoms with Crippen molar-refractivity contribution in [2.24, 2.45) is 11.8 Å². The topological polar surface area (TPSA) is 124 Å². The molecule has 0 fully saturated rings. The van der Waals surface area contributed by atoms with Crippen molar-refractivity contribution in [2.75, 3.05) is 6.61 Å². The van der Waals surface area contributed by atoms with Crippen LogP contribution in [-0.2, 0) is 23.0 Å². The van der Waals surface area contributed by atoms with Gasteiger partial charge in [0.1, 0.15) is 11.6 Å². The van der Waals surface area contributed by atoms with Crippen molar-refractivity contribution in [3.05, 3.63) is 0 Å². The Balaban J connectivity index is -0.000000301. The Kier molecular flexibility index (Phi) is 20.8. The van der Waals surface area contributed by atoms with E-state index in [1.54, 1.807) is 0 Å². The number of carbonyl (C=O) groups is 4. The van der Waals surface area contributed by atoms with Crippen LogP contribution in [0.2, 0.25) is 0 Å². The molecule has 0 unspecified atom stereocenters. The van der Waals surface area contributed by atoms with Crippen LogP contribution >= 0.6 is 0 Å². The first kappa shape index (κ1) is 27.6. The van der Waals surface area contributed by atoms with E-state index in [4.69, 9.17) is 0 Å². The molecule has 0 saturated carbocycles. The third-order valence-corrected chi connectivity index (χ3v) is 2.45. The molecule has 0 saturated heterocycles. The second-order valence-corrected chi connectivity index (χ2v) is 6.16. The second-order valence-electron chi connectivity index (χ2n) is 5.83. The number of carboxylic acids is 2. The van der Waals surface area contributed by atoms with Crippen LogP contribution in [0.4, 0.5) is 0 Å². The van der Waals surface area contributed by atoms with Crippen LogP contribution in [0.15, 0.2) is 0 Å². The summed E-state index contributed by atoms with van der Waals surface area (Å²) in [5.74, 6) is -2.62. The third-order valence-electron chi connectivity index (χ3n) is 2.12. The summed E-state index contributed by atoms with van der Waals surface area (Å²) in [6.07, 6.45) is -0.238. The predicted octanol–water partition coefficient (Wildman–Crippen LogP) is -0.410. The number of carbonyl (C=O) groups excluding carboxylic acids is 4. The molecule has 8 heteroatoms. The monoisotopic (exact) mass is 358 g/mol. The average molecular weight is 358 g/mol. The van der Waals surface area contributed by atoms with Crippen LogP contribution in [0, 0.1) is 11.8 Å². The Morgan fingerprint density at radius 2 is 1.08 bits per heavy atom. The van der Waals surface area contributed by atoms with E-state index in [1.807, 2.05) is 34.6 Å². The zero-order valence-corrected chi connectivity index (χ0v) is 16.3. The molecule has 0 rings (SSSR count). The number of carboxylic acid groups (broad SMARTS) is 2. The summed E-state index contributed by atoms with van der Waals surface area (Å²) in [6.45, 7) is 10.2. The number of Topliss-reactive ketones (excluding diaryl/α,β-unsaturated/α-hetero) is 2. The summed E-state index contributed by atoms with van der Waals surface area (Å²) >= 11 is 2.16. The minimum absolute atomic E-state index is 0.229. The Morgan fingerprint density at radius 3 is 1.21 bits per heavy atom. The number of rotatable bonds is 9. The van der Waals surface area contributed by atoms with Gasteiger partial charge in [0, 0.05) is 37.6 Å². The molecule has 136 valence electrons. The molecule has 0 aliphatic carbocycles. The number of hydrogen-bond acceptors (Lipinski definition) is 7. The van der Waals surface area contributed by atoms with Gasteiger partial charge in [0.25, 0.3) is 0 Å². The number of aliphatic carboxylic acids is 2. The first-order valence-corrected chi connectivity index (χ1v) is 8.17. The fourth-order valence-corrected chi connectivity index (χ4v) is 1.38. The van der Waals surface area contributed by atoms with Gasteiger partial charge in [-0.2, -0.15) is 0 Å². The van der Waals surface area contributed by atoms with E-state index >= 15 is 0 Å². The summed E-state index contributed by atoms with van der Waals surface area (Å²) in [4.78, 5) is 41.0. The van der Waals surface area contributed by atoms with Crippen molar-refractivity contribution in [2.45, 2.75) is 60.3 Å². The maximum absolute atomic E-state index is 10.6. The fourth-order valence-electron chi connectivity index (χ4n) is 1.38. The van der Waals surface area contributed by atoms with E-state index in [-0.39, 0.29) is 23.4 Å². The van der Waals surface area contributed by atoms with Crippen molar-refractivity contribution in [1.82, 2.24) is 0 Å². The van der Waals surface area contributed by atoms with E-state index in [1.165, 1.54) is 0 Å². The van der Waals surface area contributed by atoms with E-state index in [2.05, 4.69) is 20.4 Å². The molecule has 0 radical (unpaired) electrons. The Morgan fingerprint density at radius 1 is 0.833 bits per heavy atom. The number of ketones is 2. The van der Waals surface area contributed by atoms with Gasteiger partial charge < -0.3 is 19.8 Å². The van der Waals surface area contributed by atoms with Crippen LogP contribution in [0.25, 0.3) is 0 Å². The van der Waals surface area contributed by atoms with Crippen molar-refractivity contribution < 1.29 is 33.2 Å². The molecule has 0 heterocycles. The molecule has 7 nitrogen and oxygen atoms in total.